The van der Waals surface area contributed by atoms with E-state index in [0.717, 1.165) is 79.1 Å². The lowest BCUT2D eigenvalue weighted by Crippen LogP contribution is -2.30. The van der Waals surface area contributed by atoms with Gasteiger partial charge in [0.25, 0.3) is 0 Å². The minimum atomic E-state index is -0.869. The highest BCUT2D eigenvalue weighted by molar-refractivity contribution is 5.98. The molecular weight excluding hydrogens is 552 g/mol. The normalized spacial score (nSPS) is 20.1. The predicted octanol–water partition coefficient (Wildman–Crippen LogP) is 7.21. The second kappa shape index (κ2) is 10.6. The molecule has 3 aromatic rings. The molecule has 4 aliphatic rings. The SMILES string of the molecule is C=Cc1c(C)c2cc3nc(c4c5nc(cc6[nH]c(cc1[nH]2)c(C)c6CC)C(C)=C5C1(C4)OCCO1)[C@@H](CCC(=O)OC)[C@@H]3C. The van der Waals surface area contributed by atoms with E-state index in [1.165, 1.54) is 18.2 Å². The molecule has 3 aliphatic heterocycles. The number of aryl methyl sites for hydroxylation is 3. The second-order valence-corrected chi connectivity index (χ2v) is 12.4. The Morgan fingerprint density at radius 1 is 1.07 bits per heavy atom. The summed E-state index contributed by atoms with van der Waals surface area (Å²) in [6.45, 7) is 16.0. The number of allylic oxidation sites excluding steroid dienone is 1. The van der Waals surface area contributed by atoms with Crippen LogP contribution in [0.1, 0.15) is 96.0 Å². The molecule has 0 amide bonds. The first-order valence-corrected chi connectivity index (χ1v) is 15.6. The summed E-state index contributed by atoms with van der Waals surface area (Å²) < 4.78 is 17.8. The Hall–Kier alpha value is -4.01. The van der Waals surface area contributed by atoms with Gasteiger partial charge in [0.2, 0.25) is 5.79 Å². The van der Waals surface area contributed by atoms with Crippen LogP contribution in [0, 0.1) is 13.8 Å². The maximum Gasteiger partial charge on any atom is 0.305 e. The van der Waals surface area contributed by atoms with Crippen molar-refractivity contribution in [3.63, 3.8) is 0 Å². The summed E-state index contributed by atoms with van der Waals surface area (Å²) in [5.74, 6) is -0.995. The molecule has 228 valence electrons. The molecule has 1 spiro atoms. The lowest BCUT2D eigenvalue weighted by molar-refractivity contribution is -0.140. The van der Waals surface area contributed by atoms with E-state index < -0.39 is 5.79 Å². The molecular formula is C36H40N4O4. The summed E-state index contributed by atoms with van der Waals surface area (Å²) in [6.07, 6.45) is 4.30. The van der Waals surface area contributed by atoms with E-state index in [1.54, 1.807) is 0 Å². The first-order valence-electron chi connectivity index (χ1n) is 15.6. The van der Waals surface area contributed by atoms with E-state index in [0.29, 0.717) is 32.5 Å². The Balaban J connectivity index is 1.61. The third-order valence-corrected chi connectivity index (χ3v) is 10.2. The number of methoxy groups -OCH3 is 1. The van der Waals surface area contributed by atoms with Gasteiger partial charge in [-0.1, -0.05) is 26.5 Å². The Labute approximate surface area is 257 Å². The Bertz CT molecular complexity index is 1920. The van der Waals surface area contributed by atoms with Crippen molar-refractivity contribution < 1.29 is 19.0 Å². The van der Waals surface area contributed by atoms with Crippen molar-refractivity contribution in [2.45, 2.75) is 77.9 Å². The first-order chi connectivity index (χ1) is 21.2. The standard InChI is InChI=1S/C36H40N4O4/c1-8-22-18(3)26-14-28-20(5)24(10-11-32(41)42-7)34(39-28)25-17-36(43-12-13-44-36)33-21(6)29(40-35(25)33)16-31-23(9-2)19(4)27(38-31)15-30(22)37-26/h8,14-16,20,24,37-38H,1,9-13,17H2,2-7H3/t20-,24-/m0/s1. The third kappa shape index (κ3) is 4.22. The molecule has 8 heteroatoms. The molecule has 2 N–H and O–H groups in total. The number of hydrogen-bond donors (Lipinski definition) is 2. The van der Waals surface area contributed by atoms with Crippen LogP contribution in [0.4, 0.5) is 0 Å². The zero-order valence-electron chi connectivity index (χ0n) is 26.4. The van der Waals surface area contributed by atoms with Gasteiger partial charge in [-0.15, -0.1) is 0 Å². The summed E-state index contributed by atoms with van der Waals surface area (Å²) >= 11 is 0. The Kier molecular flexibility index (Phi) is 6.90. The highest BCUT2D eigenvalue weighted by Gasteiger charge is 2.52. The number of carbonyl (C=O) groups is 1. The molecule has 1 fully saturated rings. The van der Waals surface area contributed by atoms with Crippen LogP contribution in [0.25, 0.3) is 39.3 Å². The fourth-order valence-electron chi connectivity index (χ4n) is 7.70. The number of nitrogens with one attached hydrogen (secondary N) is 2. The number of rotatable bonds is 5. The molecule has 7 rings (SSSR count). The molecule has 0 aromatic carbocycles. The number of esters is 1. The highest BCUT2D eigenvalue weighted by atomic mass is 16.7. The second-order valence-electron chi connectivity index (χ2n) is 12.4. The van der Waals surface area contributed by atoms with E-state index in [9.17, 15) is 4.79 Å². The third-order valence-electron chi connectivity index (χ3n) is 10.2. The first kappa shape index (κ1) is 28.7. The van der Waals surface area contributed by atoms with Crippen LogP contribution in [0.5, 0.6) is 0 Å². The smallest absolute Gasteiger partial charge is 0.305 e. The quantitative estimate of drug-likeness (QED) is 0.304. The summed E-state index contributed by atoms with van der Waals surface area (Å²) in [6, 6.07) is 6.51. The molecule has 0 saturated carbocycles. The molecule has 2 atom stereocenters. The topological polar surface area (TPSA) is 102 Å². The maximum atomic E-state index is 12.3. The summed E-state index contributed by atoms with van der Waals surface area (Å²) in [5, 5.41) is 0. The summed E-state index contributed by atoms with van der Waals surface area (Å²) in [5.41, 5.74) is 15.7. The van der Waals surface area contributed by atoms with Gasteiger partial charge in [-0.2, -0.15) is 0 Å². The van der Waals surface area contributed by atoms with Crippen LogP contribution in [0.3, 0.4) is 0 Å². The Morgan fingerprint density at radius 3 is 2.50 bits per heavy atom. The van der Waals surface area contributed by atoms with Crippen molar-refractivity contribution in [3.8, 4) is 0 Å². The van der Waals surface area contributed by atoms with Crippen LogP contribution in [-0.4, -0.2) is 52.0 Å². The van der Waals surface area contributed by atoms with Gasteiger partial charge in [0.05, 0.1) is 37.4 Å². The molecule has 6 heterocycles. The minimum absolute atomic E-state index is 0.0138. The van der Waals surface area contributed by atoms with Crippen molar-refractivity contribution >= 4 is 45.3 Å². The number of hydrogen-bond acceptors (Lipinski definition) is 6. The van der Waals surface area contributed by atoms with Gasteiger partial charge in [-0.3, -0.25) is 9.78 Å². The fourth-order valence-corrected chi connectivity index (χ4v) is 7.70. The minimum Gasteiger partial charge on any atom is -0.469 e. The van der Waals surface area contributed by atoms with Crippen molar-refractivity contribution in [2.24, 2.45) is 0 Å². The molecule has 3 aromatic heterocycles. The highest BCUT2D eigenvalue weighted by Crippen LogP contribution is 2.53. The molecule has 0 radical (unpaired) electrons. The average molecular weight is 593 g/mol. The number of carbonyl (C=O) groups excluding carboxylic acids is 1. The number of aromatic nitrogens is 4. The van der Waals surface area contributed by atoms with Crippen molar-refractivity contribution in [1.82, 2.24) is 19.9 Å². The fraction of sp³-hybridized carbons (Fsp3) is 0.417. The molecule has 1 aliphatic carbocycles. The van der Waals surface area contributed by atoms with Gasteiger partial charge in [-0.05, 0) is 74.1 Å². The van der Waals surface area contributed by atoms with Crippen LogP contribution in [0.2, 0.25) is 0 Å². The van der Waals surface area contributed by atoms with Crippen LogP contribution < -0.4 is 0 Å². The van der Waals surface area contributed by atoms with Crippen molar-refractivity contribution in [1.29, 1.82) is 0 Å². The Morgan fingerprint density at radius 2 is 1.80 bits per heavy atom. The van der Waals surface area contributed by atoms with Crippen LogP contribution in [-0.2, 0) is 31.8 Å². The van der Waals surface area contributed by atoms with Gasteiger partial charge in [0.15, 0.2) is 0 Å². The maximum absolute atomic E-state index is 12.3. The van der Waals surface area contributed by atoms with Gasteiger partial charge >= 0.3 is 5.97 Å². The van der Waals surface area contributed by atoms with E-state index in [2.05, 4.69) is 69.4 Å². The molecule has 44 heavy (non-hydrogen) atoms. The van der Waals surface area contributed by atoms with Crippen LogP contribution in [0.15, 0.2) is 24.8 Å². The lowest BCUT2D eigenvalue weighted by Gasteiger charge is -2.24. The van der Waals surface area contributed by atoms with Crippen molar-refractivity contribution in [2.75, 3.05) is 20.3 Å². The number of nitrogens with zero attached hydrogens (tertiary/aromatic N) is 2. The lowest BCUT2D eigenvalue weighted by atomic mass is 9.85. The zero-order valence-corrected chi connectivity index (χ0v) is 26.4. The van der Waals surface area contributed by atoms with Crippen molar-refractivity contribution in [3.05, 3.63) is 75.4 Å². The molecule has 8 nitrogen and oxygen atoms in total. The monoisotopic (exact) mass is 592 g/mol. The molecule has 0 unspecified atom stereocenters. The number of fused-ring (bicyclic) bond motifs is 9. The largest absolute Gasteiger partial charge is 0.469 e. The predicted molar refractivity (Wildman–Crippen MR) is 173 cm³/mol. The number of aromatic amines is 2. The van der Waals surface area contributed by atoms with Gasteiger partial charge in [-0.25, -0.2) is 4.98 Å². The summed E-state index contributed by atoms with van der Waals surface area (Å²) in [4.78, 5) is 30.3. The van der Waals surface area contributed by atoms with E-state index in [1.807, 2.05) is 6.08 Å². The van der Waals surface area contributed by atoms with Gasteiger partial charge < -0.3 is 24.2 Å². The average Bonchev–Trinajstić information content (AvgIpc) is 3.84. The van der Waals surface area contributed by atoms with Gasteiger partial charge in [0.1, 0.15) is 0 Å². The van der Waals surface area contributed by atoms with Crippen LogP contribution >= 0.6 is 0 Å². The van der Waals surface area contributed by atoms with E-state index in [4.69, 9.17) is 24.2 Å². The number of H-pyrrole nitrogens is 2. The van der Waals surface area contributed by atoms with E-state index >= 15 is 0 Å². The summed E-state index contributed by atoms with van der Waals surface area (Å²) in [7, 11) is 1.44. The molecule has 8 bridgehead atoms. The van der Waals surface area contributed by atoms with Gasteiger partial charge in [0, 0.05) is 69.1 Å². The van der Waals surface area contributed by atoms with E-state index in [-0.39, 0.29) is 17.8 Å². The number of ether oxygens (including phenoxy) is 3. The zero-order chi connectivity index (χ0) is 30.9. The molecule has 1 saturated heterocycles.